The van der Waals surface area contributed by atoms with E-state index in [4.69, 9.17) is 4.42 Å². The van der Waals surface area contributed by atoms with E-state index in [0.717, 1.165) is 43.4 Å². The molecule has 0 saturated heterocycles. The predicted molar refractivity (Wildman–Crippen MR) is 237 cm³/mol. The number of hydrogen-bond donors (Lipinski definition) is 0. The number of furan rings is 1. The third-order valence-electron chi connectivity index (χ3n) is 12.6. The molecule has 274 valence electrons. The third-order valence-corrected chi connectivity index (χ3v) is 12.6. The maximum Gasteiger partial charge on any atom is 0.135 e. The molecule has 1 aromatic heterocycles. The summed E-state index contributed by atoms with van der Waals surface area (Å²) in [6.07, 6.45) is 23.5. The maximum absolute atomic E-state index is 6.27. The normalized spacial score (nSPS) is 17.4. The highest BCUT2D eigenvalue weighted by molar-refractivity contribution is 5.97. The first-order valence-corrected chi connectivity index (χ1v) is 20.5. The van der Waals surface area contributed by atoms with E-state index in [2.05, 4.69) is 199 Å². The van der Waals surface area contributed by atoms with E-state index in [1.165, 1.54) is 78.0 Å². The highest BCUT2D eigenvalue weighted by atomic mass is 16.3. The number of nitrogens with zero attached hydrogens (tertiary/aromatic N) is 1. The fourth-order valence-corrected chi connectivity index (χ4v) is 10.1. The molecule has 0 radical (unpaired) electrons. The lowest BCUT2D eigenvalue weighted by Gasteiger charge is -2.36. The number of anilines is 1. The van der Waals surface area contributed by atoms with Gasteiger partial charge in [0, 0.05) is 28.8 Å². The van der Waals surface area contributed by atoms with Crippen LogP contribution < -0.4 is 4.90 Å². The molecule has 11 rings (SSSR count). The Balaban J connectivity index is 1.06. The molecule has 7 aromatic rings. The van der Waals surface area contributed by atoms with Crippen LogP contribution in [0.5, 0.6) is 0 Å². The molecule has 2 nitrogen and oxygen atoms in total. The van der Waals surface area contributed by atoms with Crippen LogP contribution in [0, 0.1) is 0 Å². The molecule has 2 heteroatoms. The van der Waals surface area contributed by atoms with Gasteiger partial charge in [-0.05, 0) is 118 Å². The molecular formula is C55H43NO. The molecule has 0 amide bonds. The fraction of sp³-hybridized carbons (Fsp3) is 0.127. The van der Waals surface area contributed by atoms with Crippen LogP contribution in [0.2, 0.25) is 0 Å². The predicted octanol–water partition coefficient (Wildman–Crippen LogP) is 13.9. The van der Waals surface area contributed by atoms with Crippen LogP contribution in [0.15, 0.2) is 198 Å². The van der Waals surface area contributed by atoms with Gasteiger partial charge in [0.05, 0.1) is 11.5 Å². The summed E-state index contributed by atoms with van der Waals surface area (Å²) in [5.41, 5.74) is 17.3. The monoisotopic (exact) mass is 733 g/mol. The lowest BCUT2D eigenvalue weighted by Crippen LogP contribution is -2.36. The van der Waals surface area contributed by atoms with Gasteiger partial charge in [0.2, 0.25) is 0 Å². The summed E-state index contributed by atoms with van der Waals surface area (Å²) in [5, 5.41) is 1.22. The summed E-state index contributed by atoms with van der Waals surface area (Å²) in [6, 6.07) is 54.5. The minimum atomic E-state index is -0.473. The molecule has 4 aliphatic rings. The topological polar surface area (TPSA) is 16.4 Å². The van der Waals surface area contributed by atoms with Gasteiger partial charge in [-0.25, -0.2) is 0 Å². The first-order chi connectivity index (χ1) is 28.3. The molecule has 6 aromatic carbocycles. The van der Waals surface area contributed by atoms with Crippen molar-refractivity contribution in [3.63, 3.8) is 0 Å². The Morgan fingerprint density at radius 1 is 0.614 bits per heavy atom. The van der Waals surface area contributed by atoms with Crippen LogP contribution in [0.1, 0.15) is 64.8 Å². The highest BCUT2D eigenvalue weighted by Crippen LogP contribution is 2.58. The standard InChI is InChI=1S/C55H43NO/c1-5-16-38(17-6-1)40-30-34-48-51(36-40)55(41-18-7-2-8-19-41,42-20-9-3-10-21-42)50-26-15-25-46(54(48)50)39-28-31-44(32-29-39)56(43-22-11-4-12-23-43)45-33-35-53-49(37-45)47-24-13-14-27-52(47)57-53/h2-5,7-11,13-22,24-36,45H,1,6,12,23,37H2. The van der Waals surface area contributed by atoms with Crippen molar-refractivity contribution in [2.75, 3.05) is 4.90 Å². The molecule has 0 bridgehead atoms. The van der Waals surface area contributed by atoms with Gasteiger partial charge in [0.1, 0.15) is 11.3 Å². The van der Waals surface area contributed by atoms with Gasteiger partial charge in [-0.3, -0.25) is 0 Å². The van der Waals surface area contributed by atoms with Gasteiger partial charge in [-0.1, -0.05) is 158 Å². The lowest BCUT2D eigenvalue weighted by atomic mass is 9.67. The minimum Gasteiger partial charge on any atom is -0.456 e. The van der Waals surface area contributed by atoms with Crippen molar-refractivity contribution < 1.29 is 4.42 Å². The van der Waals surface area contributed by atoms with Crippen molar-refractivity contribution >= 4 is 28.3 Å². The molecule has 0 N–H and O–H groups in total. The molecule has 4 aliphatic carbocycles. The summed E-state index contributed by atoms with van der Waals surface area (Å²) in [5.74, 6) is 0.986. The van der Waals surface area contributed by atoms with Gasteiger partial charge in [-0.15, -0.1) is 0 Å². The molecule has 0 saturated carbocycles. The van der Waals surface area contributed by atoms with Gasteiger partial charge in [-0.2, -0.15) is 0 Å². The summed E-state index contributed by atoms with van der Waals surface area (Å²) in [6.45, 7) is 0. The van der Waals surface area contributed by atoms with Crippen molar-refractivity contribution in [2.24, 2.45) is 0 Å². The minimum absolute atomic E-state index is 0.177. The third kappa shape index (κ3) is 5.46. The fourth-order valence-electron chi connectivity index (χ4n) is 10.1. The average molecular weight is 734 g/mol. The molecule has 1 heterocycles. The van der Waals surface area contributed by atoms with E-state index in [1.54, 1.807) is 0 Å². The van der Waals surface area contributed by atoms with E-state index in [1.807, 2.05) is 0 Å². The SMILES string of the molecule is C1=CCCC(N(c2ccc(-c3cccc4c3-c3ccc(C5=CCCC=C5)cc3C4(c3ccccc3)c3ccccc3)cc2)C2C=Cc3oc4ccccc4c3C2)=C1. The number of para-hydroxylation sites is 1. The van der Waals surface area contributed by atoms with Crippen molar-refractivity contribution in [2.45, 2.75) is 43.6 Å². The summed E-state index contributed by atoms with van der Waals surface area (Å²) in [7, 11) is 0. The molecule has 1 atom stereocenters. The lowest BCUT2D eigenvalue weighted by molar-refractivity contribution is 0.588. The number of fused-ring (bicyclic) bond motifs is 6. The Labute approximate surface area is 335 Å². The summed E-state index contributed by atoms with van der Waals surface area (Å²) in [4.78, 5) is 2.56. The van der Waals surface area contributed by atoms with E-state index in [-0.39, 0.29) is 6.04 Å². The van der Waals surface area contributed by atoms with Gasteiger partial charge in [0.25, 0.3) is 0 Å². The Morgan fingerprint density at radius 3 is 2.14 bits per heavy atom. The van der Waals surface area contributed by atoms with E-state index >= 15 is 0 Å². The Bertz CT molecular complexity index is 2770. The van der Waals surface area contributed by atoms with Crippen LogP contribution in [-0.2, 0) is 11.8 Å². The Kier molecular flexibility index (Phi) is 8.17. The van der Waals surface area contributed by atoms with Crippen LogP contribution in [0.25, 0.3) is 44.9 Å². The second kappa shape index (κ2) is 13.8. The molecule has 57 heavy (non-hydrogen) atoms. The van der Waals surface area contributed by atoms with Crippen LogP contribution >= 0.6 is 0 Å². The Hall–Kier alpha value is -6.64. The zero-order valence-corrected chi connectivity index (χ0v) is 31.9. The second-order valence-electron chi connectivity index (χ2n) is 15.7. The highest BCUT2D eigenvalue weighted by Gasteiger charge is 2.47. The number of benzene rings is 6. The number of hydrogen-bond acceptors (Lipinski definition) is 2. The second-order valence-corrected chi connectivity index (χ2v) is 15.7. The van der Waals surface area contributed by atoms with Crippen molar-refractivity contribution in [3.05, 3.63) is 233 Å². The quantitative estimate of drug-likeness (QED) is 0.162. The largest absolute Gasteiger partial charge is 0.456 e. The number of rotatable bonds is 7. The maximum atomic E-state index is 6.27. The van der Waals surface area contributed by atoms with Crippen molar-refractivity contribution in [1.29, 1.82) is 0 Å². The first kappa shape index (κ1) is 33.7. The molecule has 1 unspecified atom stereocenters. The van der Waals surface area contributed by atoms with Gasteiger partial charge >= 0.3 is 0 Å². The average Bonchev–Trinajstić information content (AvgIpc) is 3.81. The van der Waals surface area contributed by atoms with E-state index in [0.29, 0.717) is 0 Å². The van der Waals surface area contributed by atoms with E-state index < -0.39 is 5.41 Å². The summed E-state index contributed by atoms with van der Waals surface area (Å²) >= 11 is 0. The van der Waals surface area contributed by atoms with Crippen LogP contribution in [0.4, 0.5) is 5.69 Å². The zero-order valence-electron chi connectivity index (χ0n) is 31.9. The zero-order chi connectivity index (χ0) is 37.8. The molecular weight excluding hydrogens is 691 g/mol. The van der Waals surface area contributed by atoms with Crippen LogP contribution in [-0.4, -0.2) is 6.04 Å². The van der Waals surface area contributed by atoms with Gasteiger partial charge < -0.3 is 9.32 Å². The first-order valence-electron chi connectivity index (χ1n) is 20.5. The molecule has 0 aliphatic heterocycles. The molecule has 0 fully saturated rings. The molecule has 0 spiro atoms. The van der Waals surface area contributed by atoms with E-state index in [9.17, 15) is 0 Å². The smallest absolute Gasteiger partial charge is 0.135 e. The van der Waals surface area contributed by atoms with Crippen molar-refractivity contribution in [1.82, 2.24) is 0 Å². The van der Waals surface area contributed by atoms with Crippen LogP contribution in [0.3, 0.4) is 0 Å². The Morgan fingerprint density at radius 2 is 1.39 bits per heavy atom. The van der Waals surface area contributed by atoms with Gasteiger partial charge in [0.15, 0.2) is 0 Å². The number of allylic oxidation sites excluding steroid dienone is 8. The van der Waals surface area contributed by atoms with Crippen molar-refractivity contribution in [3.8, 4) is 22.3 Å². The summed E-state index contributed by atoms with van der Waals surface area (Å²) < 4.78 is 6.27.